The lowest BCUT2D eigenvalue weighted by molar-refractivity contribution is 0.0663. The fourth-order valence-electron chi connectivity index (χ4n) is 5.92. The molecule has 1 aliphatic heterocycles. The van der Waals surface area contributed by atoms with E-state index in [1.54, 1.807) is 24.1 Å². The summed E-state index contributed by atoms with van der Waals surface area (Å²) < 4.78 is 30.0. The molecule has 3 aromatic rings. The van der Waals surface area contributed by atoms with Crippen LogP contribution in [-0.2, 0) is 9.47 Å². The van der Waals surface area contributed by atoms with Crippen LogP contribution in [-0.4, -0.2) is 42.7 Å². The van der Waals surface area contributed by atoms with Crippen molar-refractivity contribution in [1.82, 2.24) is 5.16 Å². The zero-order valence-corrected chi connectivity index (χ0v) is 23.5. The summed E-state index contributed by atoms with van der Waals surface area (Å²) in [7, 11) is 1.76. The van der Waals surface area contributed by atoms with Gasteiger partial charge in [-0.3, -0.25) is 4.90 Å². The van der Waals surface area contributed by atoms with E-state index in [1.807, 2.05) is 51.2 Å². The molecule has 1 unspecified atom stereocenters. The second-order valence-corrected chi connectivity index (χ2v) is 10.9. The van der Waals surface area contributed by atoms with Crippen LogP contribution in [0.3, 0.4) is 0 Å². The Morgan fingerprint density at radius 2 is 1.88 bits per heavy atom. The van der Waals surface area contributed by atoms with E-state index in [0.29, 0.717) is 24.4 Å². The summed E-state index contributed by atoms with van der Waals surface area (Å²) in [6.07, 6.45) is 8.25. The van der Waals surface area contributed by atoms with E-state index < -0.39 is 11.6 Å². The van der Waals surface area contributed by atoms with Crippen LogP contribution in [0.25, 0.3) is 11.1 Å². The Morgan fingerprint density at radius 1 is 1.15 bits per heavy atom. The number of halogens is 1. The van der Waals surface area contributed by atoms with Gasteiger partial charge in [0.1, 0.15) is 11.6 Å². The maximum Gasteiger partial charge on any atom is 0.415 e. The third-order valence-corrected chi connectivity index (χ3v) is 8.20. The lowest BCUT2D eigenvalue weighted by Crippen LogP contribution is -2.54. The first-order chi connectivity index (χ1) is 19.2. The number of nitrogens with two attached hydrogens (primary N) is 1. The molecule has 2 heterocycles. The first-order valence-electron chi connectivity index (χ1n) is 13.8. The summed E-state index contributed by atoms with van der Waals surface area (Å²) in [5, 5.41) is 4.09. The highest BCUT2D eigenvalue weighted by atomic mass is 19.1. The maximum atomic E-state index is 13.7. The van der Waals surface area contributed by atoms with E-state index >= 15 is 0 Å². The zero-order valence-electron chi connectivity index (χ0n) is 23.5. The molecule has 1 saturated heterocycles. The van der Waals surface area contributed by atoms with Gasteiger partial charge in [-0.15, -0.1) is 0 Å². The quantitative estimate of drug-likeness (QED) is 0.326. The number of carbonyl (C=O) groups excluding carboxylic acids is 1. The number of benzene rings is 2. The second kappa shape index (κ2) is 11.3. The highest BCUT2D eigenvalue weighted by Crippen LogP contribution is 2.38. The molecule has 212 valence electrons. The highest BCUT2D eigenvalue weighted by molar-refractivity contribution is 5.90. The number of methoxy groups -OCH3 is 1. The molecule has 2 N–H and O–H groups in total. The standard InChI is InChI=1S/C31H37FN4O4/c1-20-29(21(2)40-34-20)22-5-14-28(27(33)19-22)35(24-10-12-26(38-4)13-11-24)17-15-31(3)16-18-39-30(37)36(31)25-8-6-23(32)7-9-25/h5-9,14-15,17,19,24,26H,10-13,16,18,33H2,1-4H3/b17-15+. The van der Waals surface area contributed by atoms with Crippen LogP contribution in [0.2, 0.25) is 0 Å². The summed E-state index contributed by atoms with van der Waals surface area (Å²) in [5.41, 5.74) is 10.8. The van der Waals surface area contributed by atoms with Crippen molar-refractivity contribution < 1.29 is 23.2 Å². The predicted molar refractivity (Wildman–Crippen MR) is 154 cm³/mol. The van der Waals surface area contributed by atoms with Crippen LogP contribution in [0.4, 0.5) is 26.2 Å². The van der Waals surface area contributed by atoms with Crippen molar-refractivity contribution in [3.63, 3.8) is 0 Å². The number of hydrogen-bond donors (Lipinski definition) is 1. The van der Waals surface area contributed by atoms with Crippen LogP contribution < -0.4 is 15.5 Å². The first-order valence-corrected chi connectivity index (χ1v) is 13.8. The minimum atomic E-state index is -0.694. The third kappa shape index (κ3) is 5.43. The lowest BCUT2D eigenvalue weighted by atomic mass is 9.90. The average molecular weight is 549 g/mol. The van der Waals surface area contributed by atoms with Crippen molar-refractivity contribution in [1.29, 1.82) is 0 Å². The number of nitrogens with zero attached hydrogens (tertiary/aromatic N) is 3. The molecule has 5 rings (SSSR count). The fraction of sp³-hybridized carbons (Fsp3) is 0.419. The minimum absolute atomic E-state index is 0.202. The maximum absolute atomic E-state index is 13.7. The van der Waals surface area contributed by atoms with Gasteiger partial charge in [0, 0.05) is 37.0 Å². The van der Waals surface area contributed by atoms with Gasteiger partial charge in [0.25, 0.3) is 0 Å². The number of aromatic nitrogens is 1. The van der Waals surface area contributed by atoms with E-state index in [0.717, 1.165) is 54.0 Å². The summed E-state index contributed by atoms with van der Waals surface area (Å²) in [4.78, 5) is 16.8. The minimum Gasteiger partial charge on any atom is -0.449 e. The number of aryl methyl sites for hydroxylation is 2. The van der Waals surface area contributed by atoms with E-state index in [-0.39, 0.29) is 18.0 Å². The molecule has 2 fully saturated rings. The normalized spacial score (nSPS) is 23.4. The topological polar surface area (TPSA) is 94.1 Å². The molecule has 1 atom stereocenters. The first kappa shape index (κ1) is 27.7. The number of nitrogen functional groups attached to an aromatic ring is 1. The van der Waals surface area contributed by atoms with Crippen molar-refractivity contribution in [3.05, 3.63) is 72.0 Å². The smallest absolute Gasteiger partial charge is 0.415 e. The molecule has 0 radical (unpaired) electrons. The van der Waals surface area contributed by atoms with Gasteiger partial charge in [-0.1, -0.05) is 11.2 Å². The Morgan fingerprint density at radius 3 is 2.50 bits per heavy atom. The largest absolute Gasteiger partial charge is 0.449 e. The van der Waals surface area contributed by atoms with E-state index in [9.17, 15) is 9.18 Å². The van der Waals surface area contributed by atoms with Crippen LogP contribution >= 0.6 is 0 Å². The number of rotatable bonds is 7. The molecular formula is C31H37FN4O4. The molecule has 9 heteroatoms. The van der Waals surface area contributed by atoms with Gasteiger partial charge in [-0.2, -0.15) is 0 Å². The Hall–Kier alpha value is -3.85. The zero-order chi connectivity index (χ0) is 28.4. The van der Waals surface area contributed by atoms with Crippen molar-refractivity contribution in [3.8, 4) is 11.1 Å². The Kier molecular flexibility index (Phi) is 7.85. The van der Waals surface area contributed by atoms with E-state index in [2.05, 4.69) is 10.1 Å². The van der Waals surface area contributed by atoms with E-state index in [1.165, 1.54) is 12.1 Å². The van der Waals surface area contributed by atoms with E-state index in [4.69, 9.17) is 19.7 Å². The van der Waals surface area contributed by atoms with Gasteiger partial charge < -0.3 is 24.6 Å². The molecular weight excluding hydrogens is 511 g/mol. The van der Waals surface area contributed by atoms with Crippen molar-refractivity contribution >= 4 is 23.2 Å². The predicted octanol–water partition coefficient (Wildman–Crippen LogP) is 6.76. The number of ether oxygens (including phenoxy) is 2. The second-order valence-electron chi connectivity index (χ2n) is 10.9. The molecule has 1 saturated carbocycles. The molecule has 2 aromatic carbocycles. The van der Waals surface area contributed by atoms with Gasteiger partial charge in [0.05, 0.1) is 35.3 Å². The molecule has 1 aliphatic carbocycles. The van der Waals surface area contributed by atoms with Crippen molar-refractivity contribution in [2.75, 3.05) is 29.3 Å². The van der Waals surface area contributed by atoms with Crippen LogP contribution in [0, 0.1) is 19.7 Å². The third-order valence-electron chi connectivity index (χ3n) is 8.20. The van der Waals surface area contributed by atoms with Crippen LogP contribution in [0.1, 0.15) is 50.5 Å². The van der Waals surface area contributed by atoms with Gasteiger partial charge in [0.15, 0.2) is 0 Å². The van der Waals surface area contributed by atoms with Gasteiger partial charge in [-0.05, 0) is 94.5 Å². The summed E-state index contributed by atoms with van der Waals surface area (Å²) in [6.45, 7) is 6.11. The summed E-state index contributed by atoms with van der Waals surface area (Å²) in [6, 6.07) is 12.2. The Balaban J connectivity index is 1.51. The molecule has 2 aliphatic rings. The number of carbonyl (C=O) groups is 1. The molecule has 1 amide bonds. The molecule has 0 bridgehead atoms. The van der Waals surface area contributed by atoms with Crippen molar-refractivity contribution in [2.24, 2.45) is 0 Å². The number of cyclic esters (lactones) is 1. The SMILES string of the molecule is COC1CCC(N(/C=C/C2(C)CCOC(=O)N2c2ccc(F)cc2)c2ccc(-c3c(C)noc3C)cc2N)CC1. The fourth-order valence-corrected chi connectivity index (χ4v) is 5.92. The number of anilines is 3. The number of amides is 1. The van der Waals surface area contributed by atoms with Crippen LogP contribution in [0.5, 0.6) is 0 Å². The molecule has 0 spiro atoms. The Bertz CT molecular complexity index is 1360. The molecule has 40 heavy (non-hydrogen) atoms. The molecule has 1 aromatic heterocycles. The molecule has 8 nitrogen and oxygen atoms in total. The van der Waals surface area contributed by atoms with Gasteiger partial charge >= 0.3 is 6.09 Å². The van der Waals surface area contributed by atoms with Crippen LogP contribution in [0.15, 0.2) is 59.3 Å². The average Bonchev–Trinajstić information content (AvgIpc) is 3.28. The number of hydrogen-bond acceptors (Lipinski definition) is 7. The van der Waals surface area contributed by atoms with Gasteiger partial charge in [0.2, 0.25) is 0 Å². The monoisotopic (exact) mass is 548 g/mol. The van der Waals surface area contributed by atoms with Gasteiger partial charge in [-0.25, -0.2) is 9.18 Å². The Labute approximate surface area is 234 Å². The summed E-state index contributed by atoms with van der Waals surface area (Å²) in [5.74, 6) is 0.386. The highest BCUT2D eigenvalue weighted by Gasteiger charge is 2.40. The van der Waals surface area contributed by atoms with Crippen molar-refractivity contribution in [2.45, 2.75) is 70.6 Å². The summed E-state index contributed by atoms with van der Waals surface area (Å²) >= 11 is 0. The lowest BCUT2D eigenvalue weighted by Gasteiger charge is -2.43.